The number of hydrogen-bond acceptors (Lipinski definition) is 3. The van der Waals surface area contributed by atoms with Crippen LogP contribution in [0.1, 0.15) is 12.5 Å². The molecule has 0 saturated heterocycles. The molecule has 0 aliphatic carbocycles. The lowest BCUT2D eigenvalue weighted by atomic mass is 10.1. The number of aromatic hydroxyl groups is 1. The van der Waals surface area contributed by atoms with Crippen LogP contribution in [-0.2, 0) is 0 Å². The fourth-order valence-electron chi connectivity index (χ4n) is 0.861. The summed E-state index contributed by atoms with van der Waals surface area (Å²) in [5.74, 6) is -0.0607. The highest BCUT2D eigenvalue weighted by Crippen LogP contribution is 2.27. The molecule has 0 radical (unpaired) electrons. The summed E-state index contributed by atoms with van der Waals surface area (Å²) in [6.07, 6.45) is 0. The van der Waals surface area contributed by atoms with Gasteiger partial charge in [0.15, 0.2) is 0 Å². The van der Waals surface area contributed by atoms with Crippen LogP contribution < -0.4 is 0 Å². The van der Waals surface area contributed by atoms with Crippen molar-refractivity contribution in [3.8, 4) is 5.75 Å². The Morgan fingerprint density at radius 1 is 1.50 bits per heavy atom. The molecule has 0 spiro atoms. The first-order valence-electron chi connectivity index (χ1n) is 3.33. The van der Waals surface area contributed by atoms with E-state index in [-0.39, 0.29) is 10.8 Å². The molecule has 0 bridgehead atoms. The molecule has 1 aromatic rings. The van der Waals surface area contributed by atoms with Crippen LogP contribution in [0.2, 0.25) is 5.02 Å². The third-order valence-corrected chi connectivity index (χ3v) is 1.83. The summed E-state index contributed by atoms with van der Waals surface area (Å²) in [5, 5.41) is 21.0. The lowest BCUT2D eigenvalue weighted by Gasteiger charge is -2.02. The molecule has 2 N–H and O–H groups in total. The zero-order valence-electron chi connectivity index (χ0n) is 6.45. The maximum absolute atomic E-state index is 9.38. The Hall–Kier alpha value is -1.22. The van der Waals surface area contributed by atoms with E-state index in [0.29, 0.717) is 11.3 Å². The summed E-state index contributed by atoms with van der Waals surface area (Å²) in [6.45, 7) is 1.57. The van der Waals surface area contributed by atoms with Gasteiger partial charge in [0.25, 0.3) is 0 Å². The van der Waals surface area contributed by atoms with Gasteiger partial charge < -0.3 is 10.3 Å². The molecule has 64 valence electrons. The minimum atomic E-state index is -0.0607. The van der Waals surface area contributed by atoms with Crippen molar-refractivity contribution in [3.63, 3.8) is 0 Å². The third kappa shape index (κ3) is 1.51. The van der Waals surface area contributed by atoms with Crippen molar-refractivity contribution in [3.05, 3.63) is 28.8 Å². The van der Waals surface area contributed by atoms with Gasteiger partial charge in [-0.05, 0) is 19.1 Å². The largest absolute Gasteiger partial charge is 0.506 e. The normalized spacial score (nSPS) is 11.7. The minimum Gasteiger partial charge on any atom is -0.506 e. The SMILES string of the molecule is C/C(=N/O)c1cccc(Cl)c1O. The average molecular weight is 186 g/mol. The van der Waals surface area contributed by atoms with Crippen LogP contribution in [0.4, 0.5) is 0 Å². The molecule has 0 aliphatic rings. The molecule has 12 heavy (non-hydrogen) atoms. The fourth-order valence-corrected chi connectivity index (χ4v) is 1.04. The Labute approximate surface area is 74.9 Å². The van der Waals surface area contributed by atoms with Crippen LogP contribution in [0.25, 0.3) is 0 Å². The van der Waals surface area contributed by atoms with Crippen molar-refractivity contribution in [2.75, 3.05) is 0 Å². The van der Waals surface area contributed by atoms with E-state index in [1.807, 2.05) is 0 Å². The number of nitrogens with zero attached hydrogens (tertiary/aromatic N) is 1. The number of rotatable bonds is 1. The molecule has 0 amide bonds. The number of phenolic OH excluding ortho intramolecular Hbond substituents is 1. The van der Waals surface area contributed by atoms with Crippen LogP contribution in [0.3, 0.4) is 0 Å². The summed E-state index contributed by atoms with van der Waals surface area (Å²) in [5.41, 5.74) is 0.764. The lowest BCUT2D eigenvalue weighted by Crippen LogP contribution is -1.94. The Kier molecular flexibility index (Phi) is 2.55. The molecule has 0 atom stereocenters. The van der Waals surface area contributed by atoms with Crippen LogP contribution in [0.5, 0.6) is 5.75 Å². The average Bonchev–Trinajstić information content (AvgIpc) is 2.08. The summed E-state index contributed by atoms with van der Waals surface area (Å²) < 4.78 is 0. The molecule has 3 nitrogen and oxygen atoms in total. The molecular weight excluding hydrogens is 178 g/mol. The predicted molar refractivity (Wildman–Crippen MR) is 47.1 cm³/mol. The summed E-state index contributed by atoms with van der Waals surface area (Å²) >= 11 is 5.63. The Morgan fingerprint density at radius 3 is 2.75 bits per heavy atom. The van der Waals surface area contributed by atoms with Crippen LogP contribution >= 0.6 is 11.6 Å². The number of para-hydroxylation sites is 1. The molecule has 0 aromatic heterocycles. The molecule has 1 aromatic carbocycles. The van der Waals surface area contributed by atoms with Crippen molar-refractivity contribution in [1.82, 2.24) is 0 Å². The first-order chi connectivity index (χ1) is 5.66. The van der Waals surface area contributed by atoms with Gasteiger partial charge in [-0.15, -0.1) is 0 Å². The van der Waals surface area contributed by atoms with Gasteiger partial charge in [0.1, 0.15) is 5.75 Å². The van der Waals surface area contributed by atoms with E-state index in [0.717, 1.165) is 0 Å². The molecule has 0 unspecified atom stereocenters. The Morgan fingerprint density at radius 2 is 2.17 bits per heavy atom. The topological polar surface area (TPSA) is 52.8 Å². The van der Waals surface area contributed by atoms with Gasteiger partial charge in [0.05, 0.1) is 10.7 Å². The maximum Gasteiger partial charge on any atom is 0.143 e. The van der Waals surface area contributed by atoms with E-state index in [2.05, 4.69) is 5.16 Å². The highest BCUT2D eigenvalue weighted by atomic mass is 35.5. The first-order valence-corrected chi connectivity index (χ1v) is 3.71. The second-order valence-electron chi connectivity index (χ2n) is 2.32. The maximum atomic E-state index is 9.38. The van der Waals surface area contributed by atoms with Crippen molar-refractivity contribution < 1.29 is 10.3 Å². The van der Waals surface area contributed by atoms with Gasteiger partial charge in [0.2, 0.25) is 0 Å². The van der Waals surface area contributed by atoms with Gasteiger partial charge >= 0.3 is 0 Å². The number of phenols is 1. The van der Waals surface area contributed by atoms with Crippen molar-refractivity contribution in [2.45, 2.75) is 6.92 Å². The van der Waals surface area contributed by atoms with Gasteiger partial charge in [-0.1, -0.05) is 22.8 Å². The van der Waals surface area contributed by atoms with E-state index in [4.69, 9.17) is 16.8 Å². The quantitative estimate of drug-likeness (QED) is 0.401. The second-order valence-corrected chi connectivity index (χ2v) is 2.73. The van der Waals surface area contributed by atoms with Gasteiger partial charge in [-0.25, -0.2) is 0 Å². The van der Waals surface area contributed by atoms with Crippen LogP contribution in [0.15, 0.2) is 23.4 Å². The molecule has 0 heterocycles. The molecule has 4 heteroatoms. The van der Waals surface area contributed by atoms with Crippen LogP contribution in [-0.4, -0.2) is 16.0 Å². The number of hydrogen-bond donors (Lipinski definition) is 2. The Bertz CT molecular complexity index is 323. The van der Waals surface area contributed by atoms with Gasteiger partial charge in [0, 0.05) is 5.56 Å². The molecule has 0 aliphatic heterocycles. The van der Waals surface area contributed by atoms with E-state index < -0.39 is 0 Å². The highest BCUT2D eigenvalue weighted by molar-refractivity contribution is 6.32. The summed E-state index contributed by atoms with van der Waals surface area (Å²) in [6, 6.07) is 4.85. The zero-order chi connectivity index (χ0) is 9.14. The highest BCUT2D eigenvalue weighted by Gasteiger charge is 2.07. The van der Waals surface area contributed by atoms with Gasteiger partial charge in [-0.2, -0.15) is 0 Å². The third-order valence-electron chi connectivity index (χ3n) is 1.53. The van der Waals surface area contributed by atoms with E-state index in [1.54, 1.807) is 25.1 Å². The van der Waals surface area contributed by atoms with E-state index >= 15 is 0 Å². The van der Waals surface area contributed by atoms with Crippen molar-refractivity contribution in [1.29, 1.82) is 0 Å². The van der Waals surface area contributed by atoms with E-state index in [1.165, 1.54) is 0 Å². The fraction of sp³-hybridized carbons (Fsp3) is 0.125. The first kappa shape index (κ1) is 8.87. The molecule has 0 fully saturated rings. The number of oxime groups is 1. The van der Waals surface area contributed by atoms with E-state index in [9.17, 15) is 5.11 Å². The predicted octanol–water partition coefficient (Wildman–Crippen LogP) is 2.24. The van der Waals surface area contributed by atoms with Crippen molar-refractivity contribution in [2.24, 2.45) is 5.16 Å². The van der Waals surface area contributed by atoms with Crippen LogP contribution in [0, 0.1) is 0 Å². The summed E-state index contributed by atoms with van der Waals surface area (Å²) in [7, 11) is 0. The monoisotopic (exact) mass is 185 g/mol. The standard InChI is InChI=1S/C8H8ClNO2/c1-5(10-12)6-3-2-4-7(9)8(6)11/h2-4,11-12H,1H3/b10-5-. The second kappa shape index (κ2) is 3.45. The Balaban J connectivity index is 3.26. The number of benzene rings is 1. The van der Waals surface area contributed by atoms with Gasteiger partial charge in [-0.3, -0.25) is 0 Å². The van der Waals surface area contributed by atoms with Crippen molar-refractivity contribution >= 4 is 17.3 Å². The smallest absolute Gasteiger partial charge is 0.143 e. The zero-order valence-corrected chi connectivity index (χ0v) is 7.21. The molecule has 1 rings (SSSR count). The molecule has 0 saturated carbocycles. The molecular formula is C8H8ClNO2. The number of halogens is 1. The lowest BCUT2D eigenvalue weighted by molar-refractivity contribution is 0.318. The summed E-state index contributed by atoms with van der Waals surface area (Å²) in [4.78, 5) is 0. The minimum absolute atomic E-state index is 0.0607.